The van der Waals surface area contributed by atoms with E-state index in [9.17, 15) is 0 Å². The highest BCUT2D eigenvalue weighted by molar-refractivity contribution is 5.37. The SMILES string of the molecule is CNCC1CCCCN1C1CCOc2ccccc21. The van der Waals surface area contributed by atoms with Crippen molar-refractivity contribution >= 4 is 0 Å². The van der Waals surface area contributed by atoms with Gasteiger partial charge in [0.2, 0.25) is 0 Å². The third-order valence-corrected chi connectivity index (χ3v) is 4.44. The number of ether oxygens (including phenoxy) is 1. The fourth-order valence-electron chi connectivity index (χ4n) is 3.56. The van der Waals surface area contributed by atoms with Gasteiger partial charge in [0.05, 0.1) is 6.61 Å². The summed E-state index contributed by atoms with van der Waals surface area (Å²) in [7, 11) is 2.06. The minimum Gasteiger partial charge on any atom is -0.493 e. The predicted molar refractivity (Wildman–Crippen MR) is 77.6 cm³/mol. The number of hydrogen-bond donors (Lipinski definition) is 1. The summed E-state index contributed by atoms with van der Waals surface area (Å²) in [5.74, 6) is 1.09. The Kier molecular flexibility index (Phi) is 4.04. The molecule has 2 unspecified atom stereocenters. The first-order valence-electron chi connectivity index (χ1n) is 7.52. The first-order valence-corrected chi connectivity index (χ1v) is 7.52. The number of piperidine rings is 1. The van der Waals surface area contributed by atoms with Crippen molar-refractivity contribution in [2.75, 3.05) is 26.7 Å². The molecule has 1 aromatic rings. The summed E-state index contributed by atoms with van der Waals surface area (Å²) < 4.78 is 5.80. The van der Waals surface area contributed by atoms with Crippen LogP contribution in [0.3, 0.4) is 0 Å². The van der Waals surface area contributed by atoms with Crippen LogP contribution in [0, 0.1) is 0 Å². The molecule has 0 aromatic heterocycles. The molecule has 0 bridgehead atoms. The topological polar surface area (TPSA) is 24.5 Å². The number of benzene rings is 1. The molecule has 0 amide bonds. The number of hydrogen-bond acceptors (Lipinski definition) is 3. The summed E-state index contributed by atoms with van der Waals surface area (Å²) in [6, 6.07) is 9.78. The molecule has 0 spiro atoms. The molecule has 104 valence electrons. The van der Waals surface area contributed by atoms with Gasteiger partial charge in [-0.25, -0.2) is 0 Å². The van der Waals surface area contributed by atoms with Crippen LogP contribution in [0.2, 0.25) is 0 Å². The number of fused-ring (bicyclic) bond motifs is 1. The summed E-state index contributed by atoms with van der Waals surface area (Å²) in [5.41, 5.74) is 1.39. The first kappa shape index (κ1) is 12.9. The molecule has 1 fully saturated rings. The predicted octanol–water partition coefficient (Wildman–Crippen LogP) is 2.58. The van der Waals surface area contributed by atoms with Gasteiger partial charge in [0, 0.05) is 30.6 Å². The van der Waals surface area contributed by atoms with Crippen LogP contribution in [0.15, 0.2) is 24.3 Å². The van der Waals surface area contributed by atoms with Crippen molar-refractivity contribution in [1.82, 2.24) is 10.2 Å². The Morgan fingerprint density at radius 1 is 1.26 bits per heavy atom. The molecule has 3 heteroatoms. The van der Waals surface area contributed by atoms with E-state index < -0.39 is 0 Å². The molecule has 3 nitrogen and oxygen atoms in total. The van der Waals surface area contributed by atoms with Gasteiger partial charge < -0.3 is 10.1 Å². The maximum Gasteiger partial charge on any atom is 0.124 e. The van der Waals surface area contributed by atoms with Gasteiger partial charge >= 0.3 is 0 Å². The summed E-state index contributed by atoms with van der Waals surface area (Å²) in [6.45, 7) is 3.18. The monoisotopic (exact) mass is 260 g/mol. The van der Waals surface area contributed by atoms with E-state index in [-0.39, 0.29) is 0 Å². The van der Waals surface area contributed by atoms with Crippen molar-refractivity contribution in [2.24, 2.45) is 0 Å². The molecule has 0 aliphatic carbocycles. The average Bonchev–Trinajstić information content (AvgIpc) is 2.48. The molecule has 3 rings (SSSR count). The molecular weight excluding hydrogens is 236 g/mol. The van der Waals surface area contributed by atoms with Gasteiger partial charge in [-0.1, -0.05) is 24.6 Å². The Morgan fingerprint density at radius 3 is 3.05 bits per heavy atom. The van der Waals surface area contributed by atoms with E-state index in [0.29, 0.717) is 12.1 Å². The molecular formula is C16H24N2O. The number of nitrogens with one attached hydrogen (secondary N) is 1. The average molecular weight is 260 g/mol. The second-order valence-corrected chi connectivity index (χ2v) is 5.64. The maximum atomic E-state index is 5.80. The lowest BCUT2D eigenvalue weighted by Crippen LogP contribution is -2.47. The fraction of sp³-hybridized carbons (Fsp3) is 0.625. The number of likely N-dealkylation sites (N-methyl/N-ethyl adjacent to an activating group) is 1. The lowest BCUT2D eigenvalue weighted by atomic mass is 9.93. The molecule has 2 atom stereocenters. The summed E-state index contributed by atoms with van der Waals surface area (Å²) in [6.07, 6.45) is 5.14. The largest absolute Gasteiger partial charge is 0.493 e. The molecule has 2 aliphatic rings. The van der Waals surface area contributed by atoms with Crippen LogP contribution in [0.25, 0.3) is 0 Å². The zero-order valence-corrected chi connectivity index (χ0v) is 11.8. The molecule has 2 aliphatic heterocycles. The van der Waals surface area contributed by atoms with Gasteiger partial charge in [-0.05, 0) is 32.5 Å². The lowest BCUT2D eigenvalue weighted by molar-refractivity contribution is 0.0680. The third kappa shape index (κ3) is 2.63. The zero-order chi connectivity index (χ0) is 13.1. The van der Waals surface area contributed by atoms with Crippen LogP contribution in [0.5, 0.6) is 5.75 Å². The molecule has 2 heterocycles. The Morgan fingerprint density at radius 2 is 2.16 bits per heavy atom. The van der Waals surface area contributed by atoms with E-state index in [1.165, 1.54) is 31.4 Å². The summed E-state index contributed by atoms with van der Waals surface area (Å²) in [4.78, 5) is 2.71. The standard InChI is InChI=1S/C16H24N2O/c1-17-12-13-6-4-5-10-18(13)15-9-11-19-16-8-3-2-7-14(15)16/h2-3,7-8,13,15,17H,4-6,9-12H2,1H3. The second kappa shape index (κ2) is 5.93. The van der Waals surface area contributed by atoms with E-state index >= 15 is 0 Å². The van der Waals surface area contributed by atoms with Crippen LogP contribution in [-0.4, -0.2) is 37.7 Å². The molecule has 0 radical (unpaired) electrons. The molecule has 19 heavy (non-hydrogen) atoms. The highest BCUT2D eigenvalue weighted by atomic mass is 16.5. The van der Waals surface area contributed by atoms with E-state index in [1.807, 2.05) is 0 Å². The van der Waals surface area contributed by atoms with Crippen molar-refractivity contribution in [3.63, 3.8) is 0 Å². The molecule has 0 saturated carbocycles. The summed E-state index contributed by atoms with van der Waals surface area (Å²) in [5, 5.41) is 3.36. The van der Waals surface area contributed by atoms with Crippen LogP contribution in [-0.2, 0) is 0 Å². The Hall–Kier alpha value is -1.06. The molecule has 1 aromatic carbocycles. The van der Waals surface area contributed by atoms with Crippen LogP contribution < -0.4 is 10.1 Å². The van der Waals surface area contributed by atoms with E-state index in [2.05, 4.69) is 41.5 Å². The van der Waals surface area contributed by atoms with Gasteiger partial charge in [-0.2, -0.15) is 0 Å². The fourth-order valence-corrected chi connectivity index (χ4v) is 3.56. The maximum absolute atomic E-state index is 5.80. The van der Waals surface area contributed by atoms with Crippen LogP contribution >= 0.6 is 0 Å². The minimum absolute atomic E-state index is 0.545. The highest BCUT2D eigenvalue weighted by Crippen LogP contribution is 2.38. The second-order valence-electron chi connectivity index (χ2n) is 5.64. The lowest BCUT2D eigenvalue weighted by Gasteiger charge is -2.43. The normalized spacial score (nSPS) is 27.6. The smallest absolute Gasteiger partial charge is 0.124 e. The van der Waals surface area contributed by atoms with Crippen LogP contribution in [0.4, 0.5) is 0 Å². The van der Waals surface area contributed by atoms with Gasteiger partial charge in [-0.15, -0.1) is 0 Å². The van der Waals surface area contributed by atoms with Crippen molar-refractivity contribution in [3.05, 3.63) is 29.8 Å². The summed E-state index contributed by atoms with van der Waals surface area (Å²) >= 11 is 0. The third-order valence-electron chi connectivity index (χ3n) is 4.44. The Labute approximate surface area is 115 Å². The highest BCUT2D eigenvalue weighted by Gasteiger charge is 2.32. The minimum atomic E-state index is 0.545. The number of likely N-dealkylation sites (tertiary alicyclic amines) is 1. The van der Waals surface area contributed by atoms with Gasteiger partial charge in [0.25, 0.3) is 0 Å². The number of nitrogens with zero attached hydrogens (tertiary/aromatic N) is 1. The van der Waals surface area contributed by atoms with Crippen molar-refractivity contribution < 1.29 is 4.74 Å². The van der Waals surface area contributed by atoms with Crippen LogP contribution in [0.1, 0.15) is 37.3 Å². The van der Waals surface area contributed by atoms with Gasteiger partial charge in [0.1, 0.15) is 5.75 Å². The van der Waals surface area contributed by atoms with E-state index in [0.717, 1.165) is 25.3 Å². The first-order chi connectivity index (χ1) is 9.40. The van der Waals surface area contributed by atoms with E-state index in [4.69, 9.17) is 4.74 Å². The van der Waals surface area contributed by atoms with Crippen molar-refractivity contribution in [2.45, 2.75) is 37.8 Å². The zero-order valence-electron chi connectivity index (χ0n) is 11.8. The van der Waals surface area contributed by atoms with Crippen molar-refractivity contribution in [1.29, 1.82) is 0 Å². The molecule has 1 saturated heterocycles. The van der Waals surface area contributed by atoms with E-state index in [1.54, 1.807) is 0 Å². The Balaban J connectivity index is 1.84. The number of para-hydroxylation sites is 1. The quantitative estimate of drug-likeness (QED) is 0.904. The number of rotatable bonds is 3. The van der Waals surface area contributed by atoms with Gasteiger partial charge in [-0.3, -0.25) is 4.90 Å². The van der Waals surface area contributed by atoms with Gasteiger partial charge in [0.15, 0.2) is 0 Å². The molecule has 1 N–H and O–H groups in total. The van der Waals surface area contributed by atoms with Crippen molar-refractivity contribution in [3.8, 4) is 5.75 Å². The Bertz CT molecular complexity index is 419.